The lowest BCUT2D eigenvalue weighted by Crippen LogP contribution is -2.46. The molecule has 18 heavy (non-hydrogen) atoms. The molecular formula is C16H24N2. The minimum absolute atomic E-state index is 0.613. The lowest BCUT2D eigenvalue weighted by atomic mass is 9.92. The summed E-state index contributed by atoms with van der Waals surface area (Å²) in [6, 6.07) is 11.4. The molecule has 1 aromatic carbocycles. The summed E-state index contributed by atoms with van der Waals surface area (Å²) >= 11 is 0. The van der Waals surface area contributed by atoms with E-state index < -0.39 is 0 Å². The van der Waals surface area contributed by atoms with Crippen LogP contribution in [0.5, 0.6) is 0 Å². The normalized spacial score (nSPS) is 27.6. The zero-order valence-electron chi connectivity index (χ0n) is 11.8. The van der Waals surface area contributed by atoms with Gasteiger partial charge in [-0.3, -0.25) is 9.89 Å². The van der Waals surface area contributed by atoms with E-state index in [2.05, 4.69) is 54.1 Å². The van der Waals surface area contributed by atoms with E-state index in [1.807, 2.05) is 7.05 Å². The van der Waals surface area contributed by atoms with E-state index in [1.165, 1.54) is 11.3 Å². The van der Waals surface area contributed by atoms with Gasteiger partial charge >= 0.3 is 0 Å². The van der Waals surface area contributed by atoms with E-state index in [4.69, 9.17) is 0 Å². The van der Waals surface area contributed by atoms with Crippen LogP contribution in [0.2, 0.25) is 0 Å². The minimum atomic E-state index is 0.613. The molecule has 2 rings (SSSR count). The number of nitrogens with zero attached hydrogens (tertiary/aromatic N) is 2. The monoisotopic (exact) mass is 244 g/mol. The Hall–Kier alpha value is -1.15. The number of aliphatic imine (C=N–C) groups is 1. The Kier molecular flexibility index (Phi) is 4.54. The van der Waals surface area contributed by atoms with Gasteiger partial charge in [0.15, 0.2) is 0 Å². The van der Waals surface area contributed by atoms with Gasteiger partial charge in [0.05, 0.1) is 0 Å². The van der Waals surface area contributed by atoms with Crippen molar-refractivity contribution in [1.29, 1.82) is 0 Å². The average molecular weight is 244 g/mol. The van der Waals surface area contributed by atoms with Crippen molar-refractivity contribution in [3.8, 4) is 0 Å². The van der Waals surface area contributed by atoms with Gasteiger partial charge < -0.3 is 0 Å². The third-order valence-electron chi connectivity index (χ3n) is 4.02. The smallest absolute Gasteiger partial charge is 0.0276 e. The highest BCUT2D eigenvalue weighted by Crippen LogP contribution is 2.20. The molecule has 2 heteroatoms. The van der Waals surface area contributed by atoms with Crippen LogP contribution in [-0.2, 0) is 6.42 Å². The Bertz CT molecular complexity index is 397. The molecule has 0 spiro atoms. The molecule has 0 aromatic heterocycles. The number of hydrogen-bond donors (Lipinski definition) is 0. The van der Waals surface area contributed by atoms with Crippen molar-refractivity contribution in [1.82, 2.24) is 4.90 Å². The third-order valence-corrected chi connectivity index (χ3v) is 4.02. The Labute approximate surface area is 111 Å². The number of piperidine rings is 1. The van der Waals surface area contributed by atoms with Crippen LogP contribution in [0, 0.1) is 5.92 Å². The first-order chi connectivity index (χ1) is 8.70. The van der Waals surface area contributed by atoms with Crippen LogP contribution in [-0.4, -0.2) is 36.8 Å². The summed E-state index contributed by atoms with van der Waals surface area (Å²) in [6.07, 6.45) is 2.28. The number of likely N-dealkylation sites (tertiary alicyclic amines) is 1. The SMILES string of the molecule is CN=C1C[C@H](C)N(CCc2ccccc2)C[C@H]1C. The molecule has 1 aliphatic rings. The van der Waals surface area contributed by atoms with Crippen molar-refractivity contribution in [3.63, 3.8) is 0 Å². The maximum absolute atomic E-state index is 4.42. The van der Waals surface area contributed by atoms with Gasteiger partial charge in [0.1, 0.15) is 0 Å². The lowest BCUT2D eigenvalue weighted by Gasteiger charge is -2.37. The van der Waals surface area contributed by atoms with Gasteiger partial charge in [0.2, 0.25) is 0 Å². The van der Waals surface area contributed by atoms with Crippen LogP contribution in [0.1, 0.15) is 25.8 Å². The van der Waals surface area contributed by atoms with Crippen molar-refractivity contribution in [3.05, 3.63) is 35.9 Å². The highest BCUT2D eigenvalue weighted by atomic mass is 15.2. The lowest BCUT2D eigenvalue weighted by molar-refractivity contribution is 0.183. The molecule has 0 aliphatic carbocycles. The Balaban J connectivity index is 1.90. The molecular weight excluding hydrogens is 220 g/mol. The van der Waals surface area contributed by atoms with Gasteiger partial charge in [0, 0.05) is 44.2 Å². The van der Waals surface area contributed by atoms with Gasteiger partial charge in [-0.1, -0.05) is 37.3 Å². The van der Waals surface area contributed by atoms with Crippen molar-refractivity contribution in [2.24, 2.45) is 10.9 Å². The van der Waals surface area contributed by atoms with Crippen LogP contribution in [0.4, 0.5) is 0 Å². The maximum Gasteiger partial charge on any atom is 0.0276 e. The van der Waals surface area contributed by atoms with Crippen molar-refractivity contribution < 1.29 is 0 Å². The molecule has 98 valence electrons. The Morgan fingerprint density at radius 1 is 1.22 bits per heavy atom. The highest BCUT2D eigenvalue weighted by Gasteiger charge is 2.26. The van der Waals surface area contributed by atoms with Crippen LogP contribution in [0.25, 0.3) is 0 Å². The molecule has 1 aromatic rings. The van der Waals surface area contributed by atoms with Gasteiger partial charge in [-0.05, 0) is 18.9 Å². The Morgan fingerprint density at radius 2 is 1.94 bits per heavy atom. The van der Waals surface area contributed by atoms with Gasteiger partial charge in [-0.15, -0.1) is 0 Å². The van der Waals surface area contributed by atoms with Crippen LogP contribution in [0.15, 0.2) is 35.3 Å². The van der Waals surface area contributed by atoms with Crippen molar-refractivity contribution in [2.45, 2.75) is 32.7 Å². The third kappa shape index (κ3) is 3.20. The molecule has 2 atom stereocenters. The van der Waals surface area contributed by atoms with E-state index in [-0.39, 0.29) is 0 Å². The summed E-state index contributed by atoms with van der Waals surface area (Å²) in [4.78, 5) is 7.03. The van der Waals surface area contributed by atoms with E-state index in [0.717, 1.165) is 25.9 Å². The quantitative estimate of drug-likeness (QED) is 0.798. The zero-order valence-corrected chi connectivity index (χ0v) is 11.8. The molecule has 1 heterocycles. The van der Waals surface area contributed by atoms with Gasteiger partial charge in [0.25, 0.3) is 0 Å². The summed E-state index contributed by atoms with van der Waals surface area (Å²) in [6.45, 7) is 6.93. The summed E-state index contributed by atoms with van der Waals surface area (Å²) in [7, 11) is 1.93. The van der Waals surface area contributed by atoms with Gasteiger partial charge in [-0.25, -0.2) is 0 Å². The van der Waals surface area contributed by atoms with E-state index in [1.54, 1.807) is 0 Å². The standard InChI is InChI=1S/C16H24N2/c1-13-12-18(14(2)11-16(13)17-3)10-9-15-7-5-4-6-8-15/h4-8,13-14H,9-12H2,1-3H3/t13-,14+/m1/s1. The molecule has 0 saturated carbocycles. The second-order valence-corrected chi connectivity index (χ2v) is 5.40. The Morgan fingerprint density at radius 3 is 2.61 bits per heavy atom. The fourth-order valence-electron chi connectivity index (χ4n) is 2.81. The van der Waals surface area contributed by atoms with Gasteiger partial charge in [-0.2, -0.15) is 0 Å². The first-order valence-electron chi connectivity index (χ1n) is 6.94. The van der Waals surface area contributed by atoms with Crippen molar-refractivity contribution in [2.75, 3.05) is 20.1 Å². The molecule has 1 aliphatic heterocycles. The second-order valence-electron chi connectivity index (χ2n) is 5.40. The van der Waals surface area contributed by atoms with E-state index >= 15 is 0 Å². The first kappa shape index (κ1) is 13.3. The maximum atomic E-state index is 4.42. The van der Waals surface area contributed by atoms with E-state index in [0.29, 0.717) is 12.0 Å². The summed E-state index contributed by atoms with van der Waals surface area (Å²) < 4.78 is 0. The first-order valence-corrected chi connectivity index (χ1v) is 6.94. The molecule has 0 amide bonds. The van der Waals surface area contributed by atoms with Crippen LogP contribution >= 0.6 is 0 Å². The summed E-state index contributed by atoms with van der Waals surface area (Å²) in [5.41, 5.74) is 2.82. The highest BCUT2D eigenvalue weighted by molar-refractivity contribution is 5.87. The average Bonchev–Trinajstić information content (AvgIpc) is 2.40. The molecule has 1 fully saturated rings. The van der Waals surface area contributed by atoms with Crippen molar-refractivity contribution >= 4 is 5.71 Å². The van der Waals surface area contributed by atoms with E-state index in [9.17, 15) is 0 Å². The summed E-state index contributed by atoms with van der Waals surface area (Å²) in [5, 5.41) is 0. The predicted octanol–water partition coefficient (Wildman–Crippen LogP) is 3.03. The number of rotatable bonds is 3. The minimum Gasteiger partial charge on any atom is -0.299 e. The molecule has 0 N–H and O–H groups in total. The molecule has 2 nitrogen and oxygen atoms in total. The van der Waals surface area contributed by atoms with Crippen LogP contribution < -0.4 is 0 Å². The fourth-order valence-corrected chi connectivity index (χ4v) is 2.81. The largest absolute Gasteiger partial charge is 0.299 e. The summed E-state index contributed by atoms with van der Waals surface area (Å²) in [5.74, 6) is 0.613. The number of benzene rings is 1. The topological polar surface area (TPSA) is 15.6 Å². The number of hydrogen-bond acceptors (Lipinski definition) is 2. The molecule has 0 bridgehead atoms. The molecule has 0 unspecified atom stereocenters. The zero-order chi connectivity index (χ0) is 13.0. The van der Waals surface area contributed by atoms with Crippen LogP contribution in [0.3, 0.4) is 0 Å². The fraction of sp³-hybridized carbons (Fsp3) is 0.562. The second kappa shape index (κ2) is 6.14. The predicted molar refractivity (Wildman–Crippen MR) is 78.3 cm³/mol. The molecule has 0 radical (unpaired) electrons. The molecule has 1 saturated heterocycles.